The molecule has 1 N–H and O–H groups in total. The number of rotatable bonds is 5. The number of H-pyrrole nitrogens is 1. The van der Waals surface area contributed by atoms with Gasteiger partial charge in [0.15, 0.2) is 0 Å². The van der Waals surface area contributed by atoms with Crippen LogP contribution >= 0.6 is 11.8 Å². The summed E-state index contributed by atoms with van der Waals surface area (Å²) in [5.74, 6) is -0.0514. The molecular weight excluding hydrogens is 382 g/mol. The van der Waals surface area contributed by atoms with E-state index < -0.39 is 5.69 Å². The van der Waals surface area contributed by atoms with Crippen molar-refractivity contribution in [2.75, 3.05) is 0 Å². The molecule has 0 fully saturated rings. The quantitative estimate of drug-likeness (QED) is 0.640. The molecule has 0 spiro atoms. The van der Waals surface area contributed by atoms with E-state index in [1.54, 1.807) is 24.3 Å². The Kier molecular flexibility index (Phi) is 6.09. The third kappa shape index (κ3) is 4.69. The van der Waals surface area contributed by atoms with E-state index >= 15 is 0 Å². The SMILES string of the molecule is Cc1cc(C)cc(Sc2[nH]c(=O)n(Cc3cccc(C#N)c3)c(=O)c2C(C)C)c1. The second kappa shape index (κ2) is 8.54. The number of nitrogens with zero attached hydrogens (tertiary/aromatic N) is 2. The van der Waals surface area contributed by atoms with Crippen LogP contribution in [0.4, 0.5) is 0 Å². The van der Waals surface area contributed by atoms with Gasteiger partial charge >= 0.3 is 5.69 Å². The molecule has 0 unspecified atom stereocenters. The maximum Gasteiger partial charge on any atom is 0.329 e. The van der Waals surface area contributed by atoms with Crippen LogP contribution in [0, 0.1) is 25.2 Å². The van der Waals surface area contributed by atoms with Crippen molar-refractivity contribution in [3.05, 3.63) is 91.1 Å². The molecule has 0 bridgehead atoms. The van der Waals surface area contributed by atoms with Crippen molar-refractivity contribution < 1.29 is 0 Å². The molecule has 0 aliphatic rings. The highest BCUT2D eigenvalue weighted by molar-refractivity contribution is 7.99. The van der Waals surface area contributed by atoms with E-state index in [0.717, 1.165) is 21.6 Å². The maximum absolute atomic E-state index is 13.2. The number of aromatic nitrogens is 2. The number of nitrogens with one attached hydrogen (secondary N) is 1. The fraction of sp³-hybridized carbons (Fsp3) is 0.261. The summed E-state index contributed by atoms with van der Waals surface area (Å²) in [6, 6.07) is 15.2. The first-order chi connectivity index (χ1) is 13.8. The molecule has 2 aromatic carbocycles. The normalized spacial score (nSPS) is 10.9. The minimum absolute atomic E-state index is 0.0514. The van der Waals surface area contributed by atoms with Crippen LogP contribution in [0.15, 0.2) is 62.0 Å². The van der Waals surface area contributed by atoms with Gasteiger partial charge in [0, 0.05) is 4.90 Å². The number of aryl methyl sites for hydroxylation is 2. The van der Waals surface area contributed by atoms with Crippen LogP contribution in [0.3, 0.4) is 0 Å². The van der Waals surface area contributed by atoms with Gasteiger partial charge in [-0.1, -0.05) is 43.8 Å². The van der Waals surface area contributed by atoms with Crippen molar-refractivity contribution >= 4 is 11.8 Å². The van der Waals surface area contributed by atoms with Crippen molar-refractivity contribution in [1.29, 1.82) is 5.26 Å². The lowest BCUT2D eigenvalue weighted by molar-refractivity contribution is 0.644. The molecule has 0 aliphatic carbocycles. The largest absolute Gasteiger partial charge is 0.329 e. The van der Waals surface area contributed by atoms with Crippen LogP contribution < -0.4 is 11.2 Å². The summed E-state index contributed by atoms with van der Waals surface area (Å²) in [5, 5.41) is 9.67. The van der Waals surface area contributed by atoms with Gasteiger partial charge in [0.05, 0.1) is 28.8 Å². The van der Waals surface area contributed by atoms with E-state index in [-0.39, 0.29) is 18.0 Å². The second-order valence-electron chi connectivity index (χ2n) is 7.46. The molecule has 0 amide bonds. The lowest BCUT2D eigenvalue weighted by Crippen LogP contribution is -2.38. The molecule has 0 radical (unpaired) electrons. The second-order valence-corrected chi connectivity index (χ2v) is 8.54. The summed E-state index contributed by atoms with van der Waals surface area (Å²) in [6.45, 7) is 8.06. The fourth-order valence-corrected chi connectivity index (χ4v) is 4.63. The number of hydrogen-bond donors (Lipinski definition) is 1. The predicted molar refractivity (Wildman–Crippen MR) is 116 cm³/mol. The van der Waals surface area contributed by atoms with Crippen molar-refractivity contribution in [3.63, 3.8) is 0 Å². The minimum atomic E-state index is -0.450. The topological polar surface area (TPSA) is 78.7 Å². The molecule has 29 heavy (non-hydrogen) atoms. The van der Waals surface area contributed by atoms with Crippen LogP contribution in [-0.2, 0) is 6.54 Å². The summed E-state index contributed by atoms with van der Waals surface area (Å²) < 4.78 is 1.21. The zero-order chi connectivity index (χ0) is 21.1. The van der Waals surface area contributed by atoms with Gasteiger partial charge in [-0.3, -0.25) is 9.36 Å². The number of benzene rings is 2. The van der Waals surface area contributed by atoms with Crippen LogP contribution in [0.2, 0.25) is 0 Å². The van der Waals surface area contributed by atoms with Gasteiger partial charge in [-0.2, -0.15) is 5.26 Å². The van der Waals surface area contributed by atoms with Gasteiger partial charge in [-0.05, 0) is 60.7 Å². The fourth-order valence-electron chi connectivity index (χ4n) is 3.33. The molecule has 6 heteroatoms. The van der Waals surface area contributed by atoms with Gasteiger partial charge < -0.3 is 4.98 Å². The van der Waals surface area contributed by atoms with E-state index in [1.807, 2.05) is 39.8 Å². The average Bonchev–Trinajstić information content (AvgIpc) is 2.64. The van der Waals surface area contributed by atoms with E-state index in [2.05, 4.69) is 17.1 Å². The maximum atomic E-state index is 13.2. The Labute approximate surface area is 174 Å². The summed E-state index contributed by atoms with van der Waals surface area (Å²) in [7, 11) is 0. The molecule has 3 rings (SSSR count). The first kappa shape index (κ1) is 20.7. The third-order valence-electron chi connectivity index (χ3n) is 4.58. The molecule has 3 aromatic rings. The van der Waals surface area contributed by atoms with Crippen molar-refractivity contribution in [1.82, 2.24) is 9.55 Å². The zero-order valence-corrected chi connectivity index (χ0v) is 17.8. The predicted octanol–water partition coefficient (Wildman–Crippen LogP) is 4.35. The molecule has 0 saturated carbocycles. The molecule has 0 atom stereocenters. The van der Waals surface area contributed by atoms with Gasteiger partial charge in [-0.15, -0.1) is 0 Å². The molecule has 1 aromatic heterocycles. The highest BCUT2D eigenvalue weighted by Gasteiger charge is 2.18. The summed E-state index contributed by atoms with van der Waals surface area (Å²) in [6.07, 6.45) is 0. The van der Waals surface area contributed by atoms with E-state index in [4.69, 9.17) is 5.26 Å². The van der Waals surface area contributed by atoms with Crippen molar-refractivity contribution in [2.45, 2.75) is 50.1 Å². The van der Waals surface area contributed by atoms with Gasteiger partial charge in [-0.25, -0.2) is 4.79 Å². The van der Waals surface area contributed by atoms with Crippen LogP contribution in [-0.4, -0.2) is 9.55 Å². The minimum Gasteiger partial charge on any atom is -0.301 e. The summed E-state index contributed by atoms with van der Waals surface area (Å²) >= 11 is 1.41. The molecule has 1 heterocycles. The van der Waals surface area contributed by atoms with Gasteiger partial charge in [0.25, 0.3) is 5.56 Å². The third-order valence-corrected chi connectivity index (χ3v) is 5.57. The monoisotopic (exact) mass is 405 g/mol. The molecule has 0 aliphatic heterocycles. The standard InChI is InChI=1S/C23H23N3O2S/c1-14(2)20-21(29-19-9-15(3)8-16(4)10-19)25-23(28)26(22(20)27)13-18-7-5-6-17(11-18)12-24/h5-11,14H,13H2,1-4H3,(H,25,28). The number of nitriles is 1. The molecule has 5 nitrogen and oxygen atoms in total. The Balaban J connectivity index is 2.07. The summed E-state index contributed by atoms with van der Waals surface area (Å²) in [4.78, 5) is 29.8. The van der Waals surface area contributed by atoms with Gasteiger partial charge in [0.2, 0.25) is 0 Å². The highest BCUT2D eigenvalue weighted by Crippen LogP contribution is 2.31. The lowest BCUT2D eigenvalue weighted by Gasteiger charge is -2.15. The number of aromatic amines is 1. The smallest absolute Gasteiger partial charge is 0.301 e. The first-order valence-electron chi connectivity index (χ1n) is 9.40. The molecule has 0 saturated heterocycles. The Hall–Kier alpha value is -3.04. The zero-order valence-electron chi connectivity index (χ0n) is 16.9. The highest BCUT2D eigenvalue weighted by atomic mass is 32.2. The molecular formula is C23H23N3O2S. The van der Waals surface area contributed by atoms with E-state index in [9.17, 15) is 9.59 Å². The van der Waals surface area contributed by atoms with Crippen LogP contribution in [0.5, 0.6) is 0 Å². The van der Waals surface area contributed by atoms with Crippen LogP contribution in [0.25, 0.3) is 0 Å². The van der Waals surface area contributed by atoms with Crippen LogP contribution in [0.1, 0.15) is 47.6 Å². The Bertz CT molecular complexity index is 1200. The Morgan fingerprint density at radius 2 is 1.79 bits per heavy atom. The Morgan fingerprint density at radius 1 is 1.10 bits per heavy atom. The average molecular weight is 406 g/mol. The van der Waals surface area contributed by atoms with Gasteiger partial charge in [0.1, 0.15) is 0 Å². The first-order valence-corrected chi connectivity index (χ1v) is 10.2. The Morgan fingerprint density at radius 3 is 2.41 bits per heavy atom. The van der Waals surface area contributed by atoms with Crippen molar-refractivity contribution in [3.8, 4) is 6.07 Å². The summed E-state index contributed by atoms with van der Waals surface area (Å²) in [5.41, 5.74) is 3.34. The van der Waals surface area contributed by atoms with E-state index in [1.165, 1.54) is 16.3 Å². The van der Waals surface area contributed by atoms with Crippen molar-refractivity contribution in [2.24, 2.45) is 0 Å². The molecule has 148 valence electrons. The number of hydrogen-bond acceptors (Lipinski definition) is 4. The lowest BCUT2D eigenvalue weighted by atomic mass is 10.1. The van der Waals surface area contributed by atoms with E-state index in [0.29, 0.717) is 16.2 Å².